The highest BCUT2D eigenvalue weighted by Gasteiger charge is 2.18. The zero-order valence-electron chi connectivity index (χ0n) is 14.7. The third kappa shape index (κ3) is 7.10. The van der Waals surface area contributed by atoms with Gasteiger partial charge in [-0.15, -0.1) is 12.4 Å². The van der Waals surface area contributed by atoms with Gasteiger partial charge in [-0.25, -0.2) is 4.79 Å². The van der Waals surface area contributed by atoms with Crippen molar-refractivity contribution in [3.63, 3.8) is 0 Å². The molecule has 0 spiro atoms. The van der Waals surface area contributed by atoms with Crippen LogP contribution in [0.15, 0.2) is 18.2 Å². The number of carbonyl (C=O) groups excluding carboxylic acids is 2. The second kappa shape index (κ2) is 9.27. The molecule has 3 amide bonds. The van der Waals surface area contributed by atoms with E-state index in [0.717, 1.165) is 19.4 Å². The summed E-state index contributed by atoms with van der Waals surface area (Å²) in [6.07, 6.45) is 2.19. The molecule has 0 aliphatic carbocycles. The van der Waals surface area contributed by atoms with E-state index in [1.807, 2.05) is 20.8 Å². The van der Waals surface area contributed by atoms with E-state index in [-0.39, 0.29) is 29.9 Å². The van der Waals surface area contributed by atoms with Crippen LogP contribution in [0, 0.1) is 0 Å². The molecule has 140 valence electrons. The molecule has 1 unspecified atom stereocenters. The lowest BCUT2D eigenvalue weighted by atomic mass is 10.1. The molecule has 0 bridgehead atoms. The summed E-state index contributed by atoms with van der Waals surface area (Å²) in [5.74, 6) is -0.242. The molecular weight excluding hydrogens is 363 g/mol. The van der Waals surface area contributed by atoms with Gasteiger partial charge in [0.25, 0.3) is 5.91 Å². The first kappa shape index (κ1) is 21.5. The fourth-order valence-electron chi connectivity index (χ4n) is 2.52. The number of urea groups is 1. The molecule has 0 saturated carbocycles. The largest absolute Gasteiger partial charge is 0.350 e. The van der Waals surface area contributed by atoms with E-state index in [2.05, 4.69) is 21.3 Å². The lowest BCUT2D eigenvalue weighted by Crippen LogP contribution is -2.43. The van der Waals surface area contributed by atoms with Crippen LogP contribution in [0.2, 0.25) is 5.02 Å². The van der Waals surface area contributed by atoms with Gasteiger partial charge in [-0.05, 0) is 58.4 Å². The first-order valence-electron chi connectivity index (χ1n) is 8.15. The second-order valence-corrected chi connectivity index (χ2v) is 7.43. The first-order chi connectivity index (χ1) is 11.2. The van der Waals surface area contributed by atoms with Crippen LogP contribution >= 0.6 is 24.0 Å². The monoisotopic (exact) mass is 388 g/mol. The van der Waals surface area contributed by atoms with Crippen molar-refractivity contribution in [3.8, 4) is 0 Å². The first-order valence-corrected chi connectivity index (χ1v) is 8.53. The van der Waals surface area contributed by atoms with Crippen molar-refractivity contribution in [1.82, 2.24) is 16.0 Å². The molecule has 1 heterocycles. The highest BCUT2D eigenvalue weighted by atomic mass is 35.5. The zero-order chi connectivity index (χ0) is 17.7. The summed E-state index contributed by atoms with van der Waals surface area (Å²) in [4.78, 5) is 24.3. The Hall–Kier alpha value is -1.50. The maximum absolute atomic E-state index is 12.3. The molecule has 6 nitrogen and oxygen atoms in total. The van der Waals surface area contributed by atoms with Gasteiger partial charge in [0.2, 0.25) is 0 Å². The van der Waals surface area contributed by atoms with Crippen molar-refractivity contribution in [2.24, 2.45) is 0 Å². The minimum Gasteiger partial charge on any atom is -0.350 e. The minimum absolute atomic E-state index is 0. The number of anilines is 1. The maximum Gasteiger partial charge on any atom is 0.319 e. The topological polar surface area (TPSA) is 82.3 Å². The molecule has 1 aromatic carbocycles. The molecule has 0 aromatic heterocycles. The molecule has 1 atom stereocenters. The zero-order valence-corrected chi connectivity index (χ0v) is 16.3. The van der Waals surface area contributed by atoms with Crippen molar-refractivity contribution in [3.05, 3.63) is 28.8 Å². The fourth-order valence-corrected chi connectivity index (χ4v) is 2.73. The molecule has 1 aliphatic heterocycles. The van der Waals surface area contributed by atoms with Crippen LogP contribution in [-0.2, 0) is 0 Å². The quantitative estimate of drug-likeness (QED) is 0.639. The average molecular weight is 389 g/mol. The van der Waals surface area contributed by atoms with Gasteiger partial charge < -0.3 is 21.3 Å². The number of rotatable bonds is 4. The molecule has 1 fully saturated rings. The smallest absolute Gasteiger partial charge is 0.319 e. The van der Waals surface area contributed by atoms with E-state index >= 15 is 0 Å². The summed E-state index contributed by atoms with van der Waals surface area (Å²) >= 11 is 6.12. The number of halogens is 2. The molecule has 25 heavy (non-hydrogen) atoms. The van der Waals surface area contributed by atoms with Crippen molar-refractivity contribution in [1.29, 1.82) is 0 Å². The van der Waals surface area contributed by atoms with Gasteiger partial charge in [-0.3, -0.25) is 4.79 Å². The van der Waals surface area contributed by atoms with Gasteiger partial charge >= 0.3 is 6.03 Å². The lowest BCUT2D eigenvalue weighted by molar-refractivity contribution is 0.0950. The van der Waals surface area contributed by atoms with Crippen LogP contribution in [0.3, 0.4) is 0 Å². The molecule has 4 N–H and O–H groups in total. The van der Waals surface area contributed by atoms with Crippen molar-refractivity contribution >= 4 is 41.6 Å². The van der Waals surface area contributed by atoms with E-state index in [4.69, 9.17) is 11.6 Å². The Bertz CT molecular complexity index is 611. The Balaban J connectivity index is 0.00000312. The number of nitrogens with one attached hydrogen (secondary N) is 4. The van der Waals surface area contributed by atoms with Crippen molar-refractivity contribution in [2.75, 3.05) is 18.4 Å². The molecule has 1 aliphatic rings. The Morgan fingerprint density at radius 3 is 2.64 bits per heavy atom. The summed E-state index contributed by atoms with van der Waals surface area (Å²) in [5, 5.41) is 12.1. The number of hydrogen-bond acceptors (Lipinski definition) is 3. The molecule has 1 aromatic rings. The van der Waals surface area contributed by atoms with Gasteiger partial charge in [0.15, 0.2) is 0 Å². The van der Waals surface area contributed by atoms with Gasteiger partial charge in [-0.2, -0.15) is 0 Å². The summed E-state index contributed by atoms with van der Waals surface area (Å²) < 4.78 is 0. The van der Waals surface area contributed by atoms with Gasteiger partial charge in [0, 0.05) is 23.8 Å². The fraction of sp³-hybridized carbons (Fsp3) is 0.529. The predicted molar refractivity (Wildman–Crippen MR) is 104 cm³/mol. The molecule has 1 saturated heterocycles. The predicted octanol–water partition coefficient (Wildman–Crippen LogP) is 3.16. The Morgan fingerprint density at radius 2 is 2.04 bits per heavy atom. The summed E-state index contributed by atoms with van der Waals surface area (Å²) in [7, 11) is 0. The highest BCUT2D eigenvalue weighted by Crippen LogP contribution is 2.21. The standard InChI is InChI=1S/C17H25ClN4O2.ClH/c1-17(2,3)22-16(24)21-11-6-7-14(18)13(9-11)15(23)20-10-12-5-4-8-19-12;/h6-7,9,12,19H,4-5,8,10H2,1-3H3,(H,20,23)(H2,21,22,24);1H. The van der Waals surface area contributed by atoms with Crippen LogP contribution in [0.1, 0.15) is 44.0 Å². The van der Waals surface area contributed by atoms with E-state index < -0.39 is 0 Å². The molecule has 2 rings (SSSR count). The number of benzene rings is 1. The van der Waals surface area contributed by atoms with Gasteiger partial charge in [-0.1, -0.05) is 11.6 Å². The third-order valence-corrected chi connectivity index (χ3v) is 3.96. The SMILES string of the molecule is CC(C)(C)NC(=O)Nc1ccc(Cl)c(C(=O)NCC2CCCN2)c1.Cl. The van der Waals surface area contributed by atoms with E-state index in [0.29, 0.717) is 28.9 Å². The van der Waals surface area contributed by atoms with E-state index in [9.17, 15) is 9.59 Å². The lowest BCUT2D eigenvalue weighted by Gasteiger charge is -2.21. The normalized spacial score (nSPS) is 16.7. The minimum atomic E-state index is -0.342. The van der Waals surface area contributed by atoms with Crippen LogP contribution in [0.5, 0.6) is 0 Å². The molecular formula is C17H26Cl2N4O2. The second-order valence-electron chi connectivity index (χ2n) is 7.03. The third-order valence-electron chi connectivity index (χ3n) is 3.63. The number of amides is 3. The maximum atomic E-state index is 12.3. The highest BCUT2D eigenvalue weighted by molar-refractivity contribution is 6.34. The van der Waals surface area contributed by atoms with Crippen LogP contribution in [0.4, 0.5) is 10.5 Å². The van der Waals surface area contributed by atoms with Gasteiger partial charge in [0.05, 0.1) is 10.6 Å². The Kier molecular flexibility index (Phi) is 7.99. The summed E-state index contributed by atoms with van der Waals surface area (Å²) in [5.41, 5.74) is 0.527. The van der Waals surface area contributed by atoms with Crippen molar-refractivity contribution < 1.29 is 9.59 Å². The van der Waals surface area contributed by atoms with Crippen LogP contribution < -0.4 is 21.3 Å². The Labute approximate surface area is 159 Å². The van der Waals surface area contributed by atoms with Crippen LogP contribution in [0.25, 0.3) is 0 Å². The summed E-state index contributed by atoms with van der Waals surface area (Å²) in [6, 6.07) is 4.84. The van der Waals surface area contributed by atoms with Crippen molar-refractivity contribution in [2.45, 2.75) is 45.2 Å². The number of hydrogen-bond donors (Lipinski definition) is 4. The number of carbonyl (C=O) groups is 2. The van der Waals surface area contributed by atoms with Crippen LogP contribution in [-0.4, -0.2) is 36.6 Å². The summed E-state index contributed by atoms with van der Waals surface area (Å²) in [6.45, 7) is 7.24. The van der Waals surface area contributed by atoms with E-state index in [1.54, 1.807) is 18.2 Å². The molecule has 8 heteroatoms. The van der Waals surface area contributed by atoms with E-state index in [1.165, 1.54) is 0 Å². The Morgan fingerprint density at radius 1 is 1.32 bits per heavy atom. The molecule has 0 radical (unpaired) electrons. The average Bonchev–Trinajstić information content (AvgIpc) is 2.98. The van der Waals surface area contributed by atoms with Gasteiger partial charge in [0.1, 0.15) is 0 Å².